The summed E-state index contributed by atoms with van der Waals surface area (Å²) in [7, 11) is 0. The molecule has 1 aromatic carbocycles. The molecular weight excluding hydrogens is 274 g/mol. The summed E-state index contributed by atoms with van der Waals surface area (Å²) in [4.78, 5) is 7.22. The Balaban J connectivity index is 2.50. The zero-order valence-corrected chi connectivity index (χ0v) is 9.27. The molecule has 2 rings (SSSR count). The third-order valence-corrected chi connectivity index (χ3v) is 2.29. The molecule has 3 nitrogen and oxygen atoms in total. The van der Waals surface area contributed by atoms with Crippen molar-refractivity contribution in [1.82, 2.24) is 9.97 Å². The lowest BCUT2D eigenvalue weighted by Gasteiger charge is -2.09. The largest absolute Gasteiger partial charge is 0.333 e. The van der Waals surface area contributed by atoms with Gasteiger partial charge in [0.05, 0.1) is 0 Å². The van der Waals surface area contributed by atoms with Crippen molar-refractivity contribution in [3.63, 3.8) is 0 Å². The highest BCUT2D eigenvalue weighted by Gasteiger charge is 2.20. The molecule has 8 heteroatoms. The average Bonchev–Trinajstić information content (AvgIpc) is 2.34. The van der Waals surface area contributed by atoms with Gasteiger partial charge in [-0.25, -0.2) is 27.5 Å². The molecule has 0 saturated carbocycles. The maximum absolute atomic E-state index is 13.3. The van der Waals surface area contributed by atoms with E-state index in [4.69, 9.17) is 11.6 Å². The number of rotatable bonds is 2. The summed E-state index contributed by atoms with van der Waals surface area (Å²) in [6.07, 6.45) is 2.44. The van der Waals surface area contributed by atoms with E-state index in [9.17, 15) is 17.6 Å². The van der Waals surface area contributed by atoms with Crippen molar-refractivity contribution in [2.24, 2.45) is 0 Å². The van der Waals surface area contributed by atoms with Gasteiger partial charge in [0.25, 0.3) is 0 Å². The van der Waals surface area contributed by atoms with Crippen LogP contribution in [0.1, 0.15) is 0 Å². The van der Waals surface area contributed by atoms with Crippen LogP contribution in [0, 0.1) is 23.3 Å². The van der Waals surface area contributed by atoms with Crippen molar-refractivity contribution in [1.29, 1.82) is 0 Å². The van der Waals surface area contributed by atoms with Gasteiger partial charge < -0.3 is 5.32 Å². The van der Waals surface area contributed by atoms with E-state index in [-0.39, 0.29) is 17.0 Å². The molecule has 1 N–H and O–H groups in total. The smallest absolute Gasteiger partial charge is 0.185 e. The zero-order chi connectivity index (χ0) is 13.3. The standard InChI is InChI=1S/C10H4ClF4N3/c11-9-10(17-2-1-16-9)18-8-6(14)4(12)3-5(13)7(8)15/h1-3H,(H,17,18). The number of nitrogens with one attached hydrogen (secondary N) is 1. The predicted octanol–water partition coefficient (Wildman–Crippen LogP) is 3.43. The van der Waals surface area contributed by atoms with Crippen molar-refractivity contribution >= 4 is 23.1 Å². The van der Waals surface area contributed by atoms with Gasteiger partial charge in [0, 0.05) is 18.5 Å². The number of benzene rings is 1. The van der Waals surface area contributed by atoms with Crippen LogP contribution in [0.25, 0.3) is 0 Å². The fraction of sp³-hybridized carbons (Fsp3) is 0. The van der Waals surface area contributed by atoms with Gasteiger partial charge in [-0.2, -0.15) is 0 Å². The van der Waals surface area contributed by atoms with Gasteiger partial charge in [0.2, 0.25) is 0 Å². The lowest BCUT2D eigenvalue weighted by atomic mass is 10.2. The second kappa shape index (κ2) is 4.77. The zero-order valence-electron chi connectivity index (χ0n) is 8.52. The Morgan fingerprint density at radius 3 is 2.06 bits per heavy atom. The molecule has 94 valence electrons. The Morgan fingerprint density at radius 2 is 1.50 bits per heavy atom. The van der Waals surface area contributed by atoms with Crippen molar-refractivity contribution in [3.05, 3.63) is 46.9 Å². The summed E-state index contributed by atoms with van der Waals surface area (Å²) < 4.78 is 52.5. The molecule has 0 atom stereocenters. The van der Waals surface area contributed by atoms with Crippen LogP contribution in [0.15, 0.2) is 18.5 Å². The predicted molar refractivity (Wildman–Crippen MR) is 56.6 cm³/mol. The van der Waals surface area contributed by atoms with Gasteiger partial charge in [-0.3, -0.25) is 0 Å². The van der Waals surface area contributed by atoms with Gasteiger partial charge in [-0.15, -0.1) is 0 Å². The van der Waals surface area contributed by atoms with Crippen molar-refractivity contribution in [3.8, 4) is 0 Å². The van der Waals surface area contributed by atoms with E-state index in [0.717, 1.165) is 0 Å². The minimum Gasteiger partial charge on any atom is -0.333 e. The summed E-state index contributed by atoms with van der Waals surface area (Å²) in [6, 6.07) is 0.105. The third-order valence-electron chi connectivity index (χ3n) is 2.01. The topological polar surface area (TPSA) is 37.8 Å². The van der Waals surface area contributed by atoms with Crippen LogP contribution in [0.4, 0.5) is 29.1 Å². The minimum atomic E-state index is -1.57. The molecule has 0 aliphatic rings. The highest BCUT2D eigenvalue weighted by atomic mass is 35.5. The van der Waals surface area contributed by atoms with E-state index in [2.05, 4.69) is 15.3 Å². The van der Waals surface area contributed by atoms with Crippen LogP contribution < -0.4 is 5.32 Å². The fourth-order valence-electron chi connectivity index (χ4n) is 1.21. The van der Waals surface area contributed by atoms with Gasteiger partial charge in [0.15, 0.2) is 34.2 Å². The molecular formula is C10H4ClF4N3. The molecule has 0 amide bonds. The molecule has 0 bridgehead atoms. The number of hydrogen-bond donors (Lipinski definition) is 1. The third kappa shape index (κ3) is 2.21. The SMILES string of the molecule is Fc1cc(F)c(F)c(Nc2nccnc2Cl)c1F. The Bertz CT molecular complexity index is 580. The van der Waals surface area contributed by atoms with Gasteiger partial charge in [-0.1, -0.05) is 11.6 Å². The van der Waals surface area contributed by atoms with E-state index in [1.54, 1.807) is 0 Å². The molecule has 2 aromatic rings. The summed E-state index contributed by atoms with van der Waals surface area (Å²) in [5.74, 6) is -6.43. The molecule has 0 aliphatic heterocycles. The van der Waals surface area contributed by atoms with Crippen molar-refractivity contribution < 1.29 is 17.6 Å². The van der Waals surface area contributed by atoms with Gasteiger partial charge >= 0.3 is 0 Å². The van der Waals surface area contributed by atoms with Crippen LogP contribution in [-0.2, 0) is 0 Å². The molecule has 0 spiro atoms. The second-order valence-corrected chi connectivity index (χ2v) is 3.52. The number of aromatic nitrogens is 2. The number of nitrogens with zero attached hydrogens (tertiary/aromatic N) is 2. The lowest BCUT2D eigenvalue weighted by Crippen LogP contribution is -2.04. The van der Waals surface area contributed by atoms with Crippen LogP contribution in [0.2, 0.25) is 5.15 Å². The van der Waals surface area contributed by atoms with Gasteiger partial charge in [0.1, 0.15) is 5.69 Å². The van der Waals surface area contributed by atoms with Crippen LogP contribution >= 0.6 is 11.6 Å². The molecule has 0 unspecified atom stereocenters. The van der Waals surface area contributed by atoms with E-state index in [0.29, 0.717) is 0 Å². The maximum atomic E-state index is 13.3. The Hall–Kier alpha value is -1.89. The average molecular weight is 278 g/mol. The second-order valence-electron chi connectivity index (χ2n) is 3.16. The summed E-state index contributed by atoms with van der Waals surface area (Å²) in [5.41, 5.74) is -1.02. The number of anilines is 2. The molecule has 1 aromatic heterocycles. The van der Waals surface area contributed by atoms with E-state index in [1.807, 2.05) is 0 Å². The van der Waals surface area contributed by atoms with E-state index >= 15 is 0 Å². The number of hydrogen-bond acceptors (Lipinski definition) is 3. The highest BCUT2D eigenvalue weighted by Crippen LogP contribution is 2.28. The number of halogens is 5. The first-order valence-corrected chi connectivity index (χ1v) is 4.95. The lowest BCUT2D eigenvalue weighted by molar-refractivity contribution is 0.459. The van der Waals surface area contributed by atoms with Crippen LogP contribution in [-0.4, -0.2) is 9.97 Å². The first-order valence-electron chi connectivity index (χ1n) is 4.57. The maximum Gasteiger partial charge on any atom is 0.185 e. The molecule has 18 heavy (non-hydrogen) atoms. The van der Waals surface area contributed by atoms with E-state index in [1.165, 1.54) is 12.4 Å². The Morgan fingerprint density at radius 1 is 0.944 bits per heavy atom. The van der Waals surface area contributed by atoms with Crippen LogP contribution in [0.5, 0.6) is 0 Å². The normalized spacial score (nSPS) is 10.5. The molecule has 0 fully saturated rings. The minimum absolute atomic E-state index is 0.105. The monoisotopic (exact) mass is 277 g/mol. The fourth-order valence-corrected chi connectivity index (χ4v) is 1.36. The molecule has 1 heterocycles. The quantitative estimate of drug-likeness (QED) is 0.675. The van der Waals surface area contributed by atoms with Crippen molar-refractivity contribution in [2.45, 2.75) is 0 Å². The Labute approximate surface area is 103 Å². The summed E-state index contributed by atoms with van der Waals surface area (Å²) in [5, 5.41) is 1.86. The Kier molecular flexibility index (Phi) is 3.33. The molecule has 0 radical (unpaired) electrons. The van der Waals surface area contributed by atoms with Crippen molar-refractivity contribution in [2.75, 3.05) is 5.32 Å². The first-order chi connectivity index (χ1) is 8.50. The van der Waals surface area contributed by atoms with Gasteiger partial charge in [-0.05, 0) is 0 Å². The summed E-state index contributed by atoms with van der Waals surface area (Å²) >= 11 is 5.59. The van der Waals surface area contributed by atoms with E-state index < -0.39 is 29.0 Å². The first kappa shape index (κ1) is 12.6. The van der Waals surface area contributed by atoms with Crippen LogP contribution in [0.3, 0.4) is 0 Å². The highest BCUT2D eigenvalue weighted by molar-refractivity contribution is 6.31. The summed E-state index contributed by atoms with van der Waals surface area (Å²) in [6.45, 7) is 0. The molecule has 0 saturated heterocycles. The molecule has 0 aliphatic carbocycles.